The van der Waals surface area contributed by atoms with Gasteiger partial charge in [0.05, 0.1) is 0 Å². The fourth-order valence-corrected chi connectivity index (χ4v) is 1.83. The van der Waals surface area contributed by atoms with Gasteiger partial charge in [-0.1, -0.05) is 49.1 Å². The van der Waals surface area contributed by atoms with Gasteiger partial charge in [-0.25, -0.2) is 0 Å². The van der Waals surface area contributed by atoms with Crippen LogP contribution < -0.4 is 0 Å². The number of aryl methyl sites for hydroxylation is 1. The molecular weight excluding hydrogens is 208 g/mol. The molecule has 0 saturated heterocycles. The Kier molecular flexibility index (Phi) is 3.29. The molecule has 0 unspecified atom stereocenters. The molecule has 17 heavy (non-hydrogen) atoms. The fraction of sp³-hybridized carbons (Fsp3) is 0.125. The summed E-state index contributed by atoms with van der Waals surface area (Å²) < 4.78 is 0. The molecule has 0 aliphatic heterocycles. The van der Waals surface area contributed by atoms with Crippen molar-refractivity contribution in [2.45, 2.75) is 13.3 Å². The van der Waals surface area contributed by atoms with Gasteiger partial charge in [0.25, 0.3) is 0 Å². The Hall–Kier alpha value is -2.02. The van der Waals surface area contributed by atoms with Crippen molar-refractivity contribution in [3.8, 4) is 5.75 Å². The first-order valence-electron chi connectivity index (χ1n) is 5.69. The van der Waals surface area contributed by atoms with E-state index in [1.807, 2.05) is 25.1 Å². The van der Waals surface area contributed by atoms with Gasteiger partial charge in [-0.2, -0.15) is 0 Å². The lowest BCUT2D eigenvalue weighted by Gasteiger charge is -2.05. The minimum Gasteiger partial charge on any atom is -0.508 e. The number of hydrogen-bond acceptors (Lipinski definition) is 1. The van der Waals surface area contributed by atoms with E-state index in [1.165, 1.54) is 11.1 Å². The van der Waals surface area contributed by atoms with Gasteiger partial charge < -0.3 is 5.11 Å². The minimum atomic E-state index is 0.357. The maximum atomic E-state index is 9.47. The van der Waals surface area contributed by atoms with Gasteiger partial charge in [0, 0.05) is 0 Å². The first-order chi connectivity index (χ1) is 8.19. The normalized spacial score (nSPS) is 10.2. The molecule has 1 heteroatoms. The Morgan fingerprint density at radius 3 is 2.29 bits per heavy atom. The molecular formula is C16H16O. The predicted molar refractivity (Wildman–Crippen MR) is 72.2 cm³/mol. The number of hydrogen-bond donors (Lipinski definition) is 1. The zero-order valence-electron chi connectivity index (χ0n) is 9.98. The van der Waals surface area contributed by atoms with Crippen molar-refractivity contribution in [3.63, 3.8) is 0 Å². The van der Waals surface area contributed by atoms with E-state index in [0.29, 0.717) is 5.75 Å². The molecule has 0 radical (unpaired) electrons. The molecule has 0 amide bonds. The Morgan fingerprint density at radius 1 is 1.06 bits per heavy atom. The lowest BCUT2D eigenvalue weighted by molar-refractivity contribution is 0.471. The predicted octanol–water partition coefficient (Wildman–Crippen LogP) is 3.93. The van der Waals surface area contributed by atoms with Crippen LogP contribution in [0.4, 0.5) is 0 Å². The van der Waals surface area contributed by atoms with Gasteiger partial charge in [-0.05, 0) is 41.7 Å². The summed E-state index contributed by atoms with van der Waals surface area (Å²) >= 11 is 0. The topological polar surface area (TPSA) is 20.2 Å². The van der Waals surface area contributed by atoms with E-state index in [1.54, 1.807) is 6.07 Å². The van der Waals surface area contributed by atoms with Crippen LogP contribution in [0, 0.1) is 6.92 Å². The summed E-state index contributed by atoms with van der Waals surface area (Å²) in [5.74, 6) is 0.357. The van der Waals surface area contributed by atoms with Crippen LogP contribution >= 0.6 is 0 Å². The summed E-state index contributed by atoms with van der Waals surface area (Å²) in [6.07, 6.45) is 2.73. The Bertz CT molecular complexity index is 524. The van der Waals surface area contributed by atoms with E-state index in [0.717, 1.165) is 17.5 Å². The molecule has 0 atom stereocenters. The third kappa shape index (κ3) is 2.76. The largest absolute Gasteiger partial charge is 0.508 e. The van der Waals surface area contributed by atoms with Gasteiger partial charge in [-0.15, -0.1) is 0 Å². The molecule has 0 heterocycles. The van der Waals surface area contributed by atoms with Crippen LogP contribution in [0.3, 0.4) is 0 Å². The second-order valence-corrected chi connectivity index (χ2v) is 4.24. The maximum absolute atomic E-state index is 9.47. The van der Waals surface area contributed by atoms with Gasteiger partial charge in [0.15, 0.2) is 0 Å². The molecule has 0 aliphatic carbocycles. The SMILES string of the molecule is C=Cc1ccc(Cc2ccc(O)c(C)c2)cc1. The average Bonchev–Trinajstić information content (AvgIpc) is 2.35. The van der Waals surface area contributed by atoms with E-state index < -0.39 is 0 Å². The smallest absolute Gasteiger partial charge is 0.118 e. The Morgan fingerprint density at radius 2 is 1.71 bits per heavy atom. The third-order valence-electron chi connectivity index (χ3n) is 2.88. The maximum Gasteiger partial charge on any atom is 0.118 e. The van der Waals surface area contributed by atoms with Crippen LogP contribution in [0.15, 0.2) is 49.0 Å². The highest BCUT2D eigenvalue weighted by atomic mass is 16.3. The van der Waals surface area contributed by atoms with Crippen molar-refractivity contribution in [2.24, 2.45) is 0 Å². The molecule has 0 fully saturated rings. The molecule has 0 aliphatic rings. The molecule has 0 spiro atoms. The summed E-state index contributed by atoms with van der Waals surface area (Å²) in [5, 5.41) is 9.47. The standard InChI is InChI=1S/C16H16O/c1-3-13-4-6-14(7-5-13)11-15-8-9-16(17)12(2)10-15/h3-10,17H,1,11H2,2H3. The van der Waals surface area contributed by atoms with Crippen LogP contribution in [-0.4, -0.2) is 5.11 Å². The first kappa shape index (κ1) is 11.5. The molecule has 2 rings (SSSR count). The van der Waals surface area contributed by atoms with Gasteiger partial charge in [0.2, 0.25) is 0 Å². The van der Waals surface area contributed by atoms with Gasteiger partial charge >= 0.3 is 0 Å². The summed E-state index contributed by atoms with van der Waals surface area (Å²) in [6.45, 7) is 5.65. The number of phenols is 1. The van der Waals surface area contributed by atoms with Crippen molar-refractivity contribution in [3.05, 3.63) is 71.3 Å². The van der Waals surface area contributed by atoms with Crippen molar-refractivity contribution < 1.29 is 5.11 Å². The molecule has 1 N–H and O–H groups in total. The quantitative estimate of drug-likeness (QED) is 0.837. The summed E-state index contributed by atoms with van der Waals surface area (Å²) in [5.41, 5.74) is 4.54. The van der Waals surface area contributed by atoms with E-state index in [9.17, 15) is 5.11 Å². The summed E-state index contributed by atoms with van der Waals surface area (Å²) in [4.78, 5) is 0. The van der Waals surface area contributed by atoms with E-state index in [-0.39, 0.29) is 0 Å². The molecule has 0 saturated carbocycles. The Balaban J connectivity index is 2.19. The molecule has 2 aromatic carbocycles. The number of phenolic OH excluding ortho intramolecular Hbond substituents is 1. The van der Waals surface area contributed by atoms with Crippen molar-refractivity contribution in [1.29, 1.82) is 0 Å². The van der Waals surface area contributed by atoms with E-state index >= 15 is 0 Å². The average molecular weight is 224 g/mol. The van der Waals surface area contributed by atoms with Gasteiger partial charge in [-0.3, -0.25) is 0 Å². The first-order valence-corrected chi connectivity index (χ1v) is 5.69. The zero-order chi connectivity index (χ0) is 12.3. The second-order valence-electron chi connectivity index (χ2n) is 4.24. The van der Waals surface area contributed by atoms with Crippen LogP contribution in [0.25, 0.3) is 6.08 Å². The summed E-state index contributed by atoms with van der Waals surface area (Å²) in [6, 6.07) is 14.1. The third-order valence-corrected chi connectivity index (χ3v) is 2.88. The monoisotopic (exact) mass is 224 g/mol. The fourth-order valence-electron chi connectivity index (χ4n) is 1.83. The zero-order valence-corrected chi connectivity index (χ0v) is 9.98. The van der Waals surface area contributed by atoms with Crippen LogP contribution in [-0.2, 0) is 6.42 Å². The minimum absolute atomic E-state index is 0.357. The highest BCUT2D eigenvalue weighted by Gasteiger charge is 2.00. The molecule has 2 aromatic rings. The Labute approximate surface area is 102 Å². The molecule has 0 aromatic heterocycles. The number of rotatable bonds is 3. The highest BCUT2D eigenvalue weighted by molar-refractivity contribution is 5.47. The molecule has 1 nitrogen and oxygen atoms in total. The second kappa shape index (κ2) is 4.88. The van der Waals surface area contributed by atoms with Crippen LogP contribution in [0.1, 0.15) is 22.3 Å². The van der Waals surface area contributed by atoms with Crippen molar-refractivity contribution >= 4 is 6.08 Å². The van der Waals surface area contributed by atoms with E-state index in [2.05, 4.69) is 30.8 Å². The summed E-state index contributed by atoms with van der Waals surface area (Å²) in [7, 11) is 0. The van der Waals surface area contributed by atoms with Crippen LogP contribution in [0.2, 0.25) is 0 Å². The molecule has 86 valence electrons. The van der Waals surface area contributed by atoms with E-state index in [4.69, 9.17) is 0 Å². The number of aromatic hydroxyl groups is 1. The van der Waals surface area contributed by atoms with Crippen LogP contribution in [0.5, 0.6) is 5.75 Å². The van der Waals surface area contributed by atoms with Crippen molar-refractivity contribution in [1.82, 2.24) is 0 Å². The number of benzene rings is 2. The lowest BCUT2D eigenvalue weighted by atomic mass is 10.0. The lowest BCUT2D eigenvalue weighted by Crippen LogP contribution is -1.89. The van der Waals surface area contributed by atoms with Crippen molar-refractivity contribution in [2.75, 3.05) is 0 Å². The molecule has 0 bridgehead atoms. The van der Waals surface area contributed by atoms with Gasteiger partial charge in [0.1, 0.15) is 5.75 Å². The highest BCUT2D eigenvalue weighted by Crippen LogP contribution is 2.19.